The van der Waals surface area contributed by atoms with Crippen molar-refractivity contribution in [2.24, 2.45) is 0 Å². The lowest BCUT2D eigenvalue weighted by Crippen LogP contribution is -2.42. The van der Waals surface area contributed by atoms with Gasteiger partial charge in [0, 0.05) is 23.1 Å². The summed E-state index contributed by atoms with van der Waals surface area (Å²) in [6.07, 6.45) is 2.91. The number of hydrogen-bond acceptors (Lipinski definition) is 3. The zero-order valence-corrected chi connectivity index (χ0v) is 13.3. The van der Waals surface area contributed by atoms with E-state index in [1.807, 2.05) is 0 Å². The van der Waals surface area contributed by atoms with Crippen molar-refractivity contribution in [2.75, 3.05) is 13.1 Å². The smallest absolute Gasteiger partial charge is 0.243 e. The summed E-state index contributed by atoms with van der Waals surface area (Å²) >= 11 is 3.13. The van der Waals surface area contributed by atoms with Crippen LogP contribution in [0.4, 0.5) is 4.39 Å². The quantitative estimate of drug-likeness (QED) is 0.895. The number of hydrogen-bond donors (Lipinski definition) is 1. The standard InChI is InChI=1S/C13H16BrFN2O2S/c14-9-3-4-13(10(15)8-9)20(18,19)16-11-5-7-17-6-1-2-12(11)17/h3-4,8,11-12,16H,1-2,5-7H2. The molecular formula is C13H16BrFN2O2S. The van der Waals surface area contributed by atoms with Crippen LogP contribution in [0.1, 0.15) is 19.3 Å². The topological polar surface area (TPSA) is 49.4 Å². The molecule has 1 aromatic carbocycles. The lowest BCUT2D eigenvalue weighted by molar-refractivity contribution is 0.308. The van der Waals surface area contributed by atoms with E-state index in [-0.39, 0.29) is 17.0 Å². The maximum absolute atomic E-state index is 13.8. The highest BCUT2D eigenvalue weighted by atomic mass is 79.9. The van der Waals surface area contributed by atoms with Crippen molar-refractivity contribution >= 4 is 26.0 Å². The third-order valence-corrected chi connectivity index (χ3v) is 6.11. The fourth-order valence-electron chi connectivity index (χ4n) is 3.18. The minimum atomic E-state index is -3.80. The van der Waals surface area contributed by atoms with Crippen LogP contribution in [0.5, 0.6) is 0 Å². The van der Waals surface area contributed by atoms with Gasteiger partial charge in [0.1, 0.15) is 10.7 Å². The Balaban J connectivity index is 1.82. The molecule has 2 fully saturated rings. The van der Waals surface area contributed by atoms with Crippen molar-refractivity contribution in [1.29, 1.82) is 0 Å². The number of nitrogens with one attached hydrogen (secondary N) is 1. The number of fused-ring (bicyclic) bond motifs is 1. The fraction of sp³-hybridized carbons (Fsp3) is 0.538. The highest BCUT2D eigenvalue weighted by Crippen LogP contribution is 2.29. The van der Waals surface area contributed by atoms with Crippen molar-refractivity contribution in [2.45, 2.75) is 36.2 Å². The van der Waals surface area contributed by atoms with E-state index in [2.05, 4.69) is 25.6 Å². The van der Waals surface area contributed by atoms with Crippen LogP contribution in [0.25, 0.3) is 0 Å². The molecule has 1 N–H and O–H groups in total. The molecule has 2 aliphatic rings. The average molecular weight is 363 g/mol. The Morgan fingerprint density at radius 1 is 1.30 bits per heavy atom. The molecule has 2 atom stereocenters. The number of sulfonamides is 1. The van der Waals surface area contributed by atoms with E-state index in [1.54, 1.807) is 0 Å². The lowest BCUT2D eigenvalue weighted by atomic mass is 10.1. The van der Waals surface area contributed by atoms with Crippen molar-refractivity contribution in [1.82, 2.24) is 9.62 Å². The summed E-state index contributed by atoms with van der Waals surface area (Å²) in [6.45, 7) is 1.95. The van der Waals surface area contributed by atoms with Gasteiger partial charge in [-0.15, -0.1) is 0 Å². The van der Waals surface area contributed by atoms with Crippen molar-refractivity contribution in [3.05, 3.63) is 28.5 Å². The van der Waals surface area contributed by atoms with Gasteiger partial charge in [-0.05, 0) is 44.0 Å². The third kappa shape index (κ3) is 2.64. The maximum atomic E-state index is 13.8. The predicted octanol–water partition coefficient (Wildman–Crippen LogP) is 2.10. The molecule has 0 spiro atoms. The second-order valence-electron chi connectivity index (χ2n) is 5.34. The first-order chi connectivity index (χ1) is 9.47. The highest BCUT2D eigenvalue weighted by Gasteiger charge is 2.39. The van der Waals surface area contributed by atoms with Gasteiger partial charge >= 0.3 is 0 Å². The van der Waals surface area contributed by atoms with E-state index in [1.165, 1.54) is 18.2 Å². The Labute approximate surface area is 126 Å². The molecule has 0 aliphatic carbocycles. The fourth-order valence-corrected chi connectivity index (χ4v) is 4.87. The molecule has 0 radical (unpaired) electrons. The molecule has 2 aliphatic heterocycles. The zero-order chi connectivity index (χ0) is 14.3. The van der Waals surface area contributed by atoms with Gasteiger partial charge in [-0.2, -0.15) is 0 Å². The normalized spacial score (nSPS) is 26.9. The van der Waals surface area contributed by atoms with Gasteiger partial charge in [0.2, 0.25) is 10.0 Å². The van der Waals surface area contributed by atoms with Gasteiger partial charge in [0.25, 0.3) is 0 Å². The summed E-state index contributed by atoms with van der Waals surface area (Å²) in [4.78, 5) is 2.03. The van der Waals surface area contributed by atoms with E-state index >= 15 is 0 Å². The van der Waals surface area contributed by atoms with Crippen LogP contribution < -0.4 is 4.72 Å². The molecular weight excluding hydrogens is 347 g/mol. The largest absolute Gasteiger partial charge is 0.299 e. The summed E-state index contributed by atoms with van der Waals surface area (Å²) in [5.74, 6) is -0.729. The molecule has 110 valence electrons. The van der Waals surface area contributed by atoms with Crippen LogP contribution >= 0.6 is 15.9 Å². The molecule has 4 nitrogen and oxygen atoms in total. The summed E-state index contributed by atoms with van der Waals surface area (Å²) in [6, 6.07) is 4.16. The molecule has 0 amide bonds. The molecule has 0 aromatic heterocycles. The Morgan fingerprint density at radius 3 is 2.85 bits per heavy atom. The van der Waals surface area contributed by atoms with E-state index in [0.29, 0.717) is 4.47 Å². The molecule has 20 heavy (non-hydrogen) atoms. The minimum absolute atomic E-state index is 0.106. The summed E-state index contributed by atoms with van der Waals surface area (Å²) in [5, 5.41) is 0. The maximum Gasteiger partial charge on any atom is 0.243 e. The first-order valence-corrected chi connectivity index (χ1v) is 8.96. The second-order valence-corrected chi connectivity index (χ2v) is 7.93. The first-order valence-electron chi connectivity index (χ1n) is 6.69. The number of halogens is 2. The van der Waals surface area contributed by atoms with Gasteiger partial charge in [-0.3, -0.25) is 4.90 Å². The molecule has 7 heteroatoms. The molecule has 2 unspecified atom stereocenters. The first kappa shape index (κ1) is 14.4. The summed E-state index contributed by atoms with van der Waals surface area (Å²) in [7, 11) is -3.80. The molecule has 1 aromatic rings. The van der Waals surface area contributed by atoms with Crippen molar-refractivity contribution in [3.63, 3.8) is 0 Å². The Kier molecular flexibility index (Phi) is 3.87. The van der Waals surface area contributed by atoms with Crippen LogP contribution in [-0.2, 0) is 10.0 Å². The number of nitrogens with zero attached hydrogens (tertiary/aromatic N) is 1. The van der Waals surface area contributed by atoms with E-state index < -0.39 is 15.8 Å². The van der Waals surface area contributed by atoms with Gasteiger partial charge in [0.15, 0.2) is 0 Å². The average Bonchev–Trinajstić information content (AvgIpc) is 2.93. The Bertz CT molecular complexity index is 623. The zero-order valence-electron chi connectivity index (χ0n) is 10.9. The SMILES string of the molecule is O=S(=O)(NC1CCN2CCCC12)c1ccc(Br)cc1F. The summed E-state index contributed by atoms with van der Waals surface area (Å²) < 4.78 is 41.7. The van der Waals surface area contributed by atoms with E-state index in [9.17, 15) is 12.8 Å². The van der Waals surface area contributed by atoms with Crippen molar-refractivity contribution < 1.29 is 12.8 Å². The monoisotopic (exact) mass is 362 g/mol. The van der Waals surface area contributed by atoms with Crippen LogP contribution in [-0.4, -0.2) is 38.5 Å². The van der Waals surface area contributed by atoms with Crippen LogP contribution in [0.2, 0.25) is 0 Å². The summed E-state index contributed by atoms with van der Waals surface area (Å²) in [5.41, 5.74) is 0. The minimum Gasteiger partial charge on any atom is -0.299 e. The Morgan fingerprint density at radius 2 is 2.10 bits per heavy atom. The van der Waals surface area contributed by atoms with Crippen molar-refractivity contribution in [3.8, 4) is 0 Å². The van der Waals surface area contributed by atoms with Gasteiger partial charge in [-0.25, -0.2) is 17.5 Å². The number of benzene rings is 1. The van der Waals surface area contributed by atoms with Gasteiger partial charge in [-0.1, -0.05) is 15.9 Å². The lowest BCUT2D eigenvalue weighted by Gasteiger charge is -2.21. The molecule has 0 bridgehead atoms. The molecule has 3 rings (SSSR count). The molecule has 2 heterocycles. The Hall–Kier alpha value is -0.500. The molecule has 2 saturated heterocycles. The van der Waals surface area contributed by atoms with E-state index in [0.717, 1.165) is 32.4 Å². The van der Waals surface area contributed by atoms with Crippen LogP contribution in [0.15, 0.2) is 27.6 Å². The predicted molar refractivity (Wildman–Crippen MR) is 77.4 cm³/mol. The van der Waals surface area contributed by atoms with E-state index in [4.69, 9.17) is 0 Å². The van der Waals surface area contributed by atoms with Crippen LogP contribution in [0, 0.1) is 5.82 Å². The second kappa shape index (κ2) is 5.36. The highest BCUT2D eigenvalue weighted by molar-refractivity contribution is 9.10. The third-order valence-electron chi connectivity index (χ3n) is 4.10. The molecule has 0 saturated carbocycles. The van der Waals surface area contributed by atoms with Crippen LogP contribution in [0.3, 0.4) is 0 Å². The van der Waals surface area contributed by atoms with Gasteiger partial charge in [0.05, 0.1) is 0 Å². The number of rotatable bonds is 3. The van der Waals surface area contributed by atoms with Gasteiger partial charge < -0.3 is 0 Å².